The number of dihydropyridines is 1. The Kier molecular flexibility index (Phi) is 6.74. The van der Waals surface area contributed by atoms with Crippen LogP contribution in [0.1, 0.15) is 54.7 Å². The third kappa shape index (κ3) is 4.58. The number of ketones is 1. The molecule has 0 bridgehead atoms. The number of Topliss-reactive ketones (excluding diaryl/α,β-unsaturated/α-hetero) is 1. The molecule has 2 aliphatic rings. The Bertz CT molecular complexity index is 1370. The quantitative estimate of drug-likeness (QED) is 0.445. The first-order chi connectivity index (χ1) is 17.5. The number of anilines is 1. The van der Waals surface area contributed by atoms with Crippen LogP contribution in [0, 0.1) is 6.92 Å². The van der Waals surface area contributed by atoms with Crippen LogP contribution in [0.5, 0.6) is 5.75 Å². The number of ether oxygens (including phenoxy) is 1. The second-order valence-corrected chi connectivity index (χ2v) is 10.1. The number of amides is 1. The fourth-order valence-electron chi connectivity index (χ4n) is 5.18. The lowest BCUT2D eigenvalue weighted by atomic mass is 9.72. The van der Waals surface area contributed by atoms with Gasteiger partial charge in [-0.1, -0.05) is 30.3 Å². The number of allylic oxidation sites excluding steroid dienone is 3. The van der Waals surface area contributed by atoms with E-state index < -0.39 is 5.92 Å². The summed E-state index contributed by atoms with van der Waals surface area (Å²) in [6.45, 7) is 6.20. The molecule has 36 heavy (non-hydrogen) atoms. The highest BCUT2D eigenvalue weighted by Gasteiger charge is 2.42. The molecule has 6 nitrogen and oxygen atoms in total. The van der Waals surface area contributed by atoms with Crippen LogP contribution in [0.3, 0.4) is 0 Å². The fraction of sp³-hybridized carbons (Fsp3) is 0.276. The van der Waals surface area contributed by atoms with Crippen molar-refractivity contribution in [1.29, 1.82) is 0 Å². The molecule has 1 amide bonds. The lowest BCUT2D eigenvalue weighted by Crippen LogP contribution is -2.37. The zero-order chi connectivity index (χ0) is 25.2. The van der Waals surface area contributed by atoms with Gasteiger partial charge in [-0.05, 0) is 56.8 Å². The van der Waals surface area contributed by atoms with E-state index in [1.54, 1.807) is 17.4 Å². The minimum Gasteiger partial charge on any atom is -0.494 e. The van der Waals surface area contributed by atoms with Gasteiger partial charge in [0.2, 0.25) is 0 Å². The maximum atomic E-state index is 13.8. The van der Waals surface area contributed by atoms with Gasteiger partial charge in [0.15, 0.2) is 5.78 Å². The highest BCUT2D eigenvalue weighted by Crippen LogP contribution is 2.48. The third-order valence-corrected chi connectivity index (χ3v) is 7.71. The van der Waals surface area contributed by atoms with Crippen LogP contribution in [0.15, 0.2) is 82.5 Å². The van der Waals surface area contributed by atoms with Crippen molar-refractivity contribution >= 4 is 28.8 Å². The molecule has 0 radical (unpaired) electrons. The molecule has 0 spiro atoms. The van der Waals surface area contributed by atoms with Crippen molar-refractivity contribution < 1.29 is 14.3 Å². The molecule has 0 fully saturated rings. The van der Waals surface area contributed by atoms with E-state index in [2.05, 4.69) is 21.7 Å². The third-order valence-electron chi connectivity index (χ3n) is 6.68. The minimum atomic E-state index is -0.536. The average Bonchev–Trinajstić information content (AvgIpc) is 3.39. The van der Waals surface area contributed by atoms with E-state index in [0.717, 1.165) is 29.1 Å². The number of rotatable bonds is 6. The van der Waals surface area contributed by atoms with Crippen LogP contribution in [0.2, 0.25) is 0 Å². The summed E-state index contributed by atoms with van der Waals surface area (Å²) in [5.41, 5.74) is 4.41. The van der Waals surface area contributed by atoms with E-state index in [9.17, 15) is 9.59 Å². The largest absolute Gasteiger partial charge is 0.494 e. The van der Waals surface area contributed by atoms with E-state index in [4.69, 9.17) is 4.74 Å². The molecule has 3 aromatic rings. The van der Waals surface area contributed by atoms with Crippen molar-refractivity contribution in [3.63, 3.8) is 0 Å². The molecule has 7 heteroatoms. The number of thiophene rings is 1. The highest BCUT2D eigenvalue weighted by molar-refractivity contribution is 7.10. The molecular weight excluding hydrogens is 470 g/mol. The standard InChI is InChI=1S/C29H29N3O3S/c1-4-35-23-11-6-5-10-20(23)27-26(29(34)32-25-13-7-9-17(2)30-25)18(3)31-21-15-19(16-22(33)28(21)27)24-12-8-14-36-24/h5-14,19,27,31H,4,15-16H2,1-3H3,(H,30,32,34)/t19-,27+/m1/s1. The number of nitrogens with one attached hydrogen (secondary N) is 2. The predicted octanol–water partition coefficient (Wildman–Crippen LogP) is 5.85. The summed E-state index contributed by atoms with van der Waals surface area (Å²) >= 11 is 1.68. The molecular formula is C29H29N3O3S. The van der Waals surface area contributed by atoms with E-state index in [0.29, 0.717) is 35.7 Å². The number of carbonyl (C=O) groups is 2. The smallest absolute Gasteiger partial charge is 0.255 e. The Morgan fingerprint density at radius 3 is 2.69 bits per heavy atom. The Morgan fingerprint density at radius 2 is 1.94 bits per heavy atom. The number of aromatic nitrogens is 1. The van der Waals surface area contributed by atoms with E-state index >= 15 is 0 Å². The van der Waals surface area contributed by atoms with E-state index in [-0.39, 0.29) is 17.6 Å². The second kappa shape index (κ2) is 10.1. The summed E-state index contributed by atoms with van der Waals surface area (Å²) in [5.74, 6) is 0.527. The molecule has 2 N–H and O–H groups in total. The highest BCUT2D eigenvalue weighted by atomic mass is 32.1. The molecule has 2 aromatic heterocycles. The van der Waals surface area contributed by atoms with Gasteiger partial charge < -0.3 is 15.4 Å². The summed E-state index contributed by atoms with van der Waals surface area (Å²) in [4.78, 5) is 33.2. The summed E-state index contributed by atoms with van der Waals surface area (Å²) in [5, 5.41) is 8.44. The average molecular weight is 500 g/mol. The van der Waals surface area contributed by atoms with Crippen LogP contribution in [0.4, 0.5) is 5.82 Å². The minimum absolute atomic E-state index is 0.0601. The topological polar surface area (TPSA) is 80.3 Å². The zero-order valence-corrected chi connectivity index (χ0v) is 21.4. The van der Waals surface area contributed by atoms with Gasteiger partial charge >= 0.3 is 0 Å². The SMILES string of the molecule is CCOc1ccccc1[C@H]1C(C(=O)Nc2cccc(C)n2)=C(C)NC2=C1C(=O)C[C@H](c1cccs1)C2. The Morgan fingerprint density at radius 1 is 1.11 bits per heavy atom. The molecule has 0 unspecified atom stereocenters. The Balaban J connectivity index is 1.60. The molecule has 0 saturated carbocycles. The number of hydrogen-bond donors (Lipinski definition) is 2. The second-order valence-electron chi connectivity index (χ2n) is 9.12. The number of carbonyl (C=O) groups excluding carboxylic acids is 2. The maximum Gasteiger partial charge on any atom is 0.255 e. The van der Waals surface area contributed by atoms with Crippen molar-refractivity contribution in [3.05, 3.63) is 98.7 Å². The van der Waals surface area contributed by atoms with Crippen molar-refractivity contribution in [2.75, 3.05) is 11.9 Å². The number of hydrogen-bond acceptors (Lipinski definition) is 6. The van der Waals surface area contributed by atoms with Gasteiger partial charge in [0.05, 0.1) is 12.5 Å². The van der Waals surface area contributed by atoms with Gasteiger partial charge in [0.25, 0.3) is 5.91 Å². The first-order valence-electron chi connectivity index (χ1n) is 12.2. The van der Waals surface area contributed by atoms with Crippen LogP contribution < -0.4 is 15.4 Å². The fourth-order valence-corrected chi connectivity index (χ4v) is 6.01. The molecule has 184 valence electrons. The first kappa shape index (κ1) is 24.0. The van der Waals surface area contributed by atoms with E-state index in [1.165, 1.54) is 4.88 Å². The Hall–Kier alpha value is -3.71. The first-order valence-corrected chi connectivity index (χ1v) is 13.1. The number of nitrogens with zero attached hydrogens (tertiary/aromatic N) is 1. The van der Waals surface area contributed by atoms with Gasteiger partial charge in [0.1, 0.15) is 11.6 Å². The number of para-hydroxylation sites is 1. The number of pyridine rings is 1. The maximum absolute atomic E-state index is 13.8. The molecule has 1 aliphatic carbocycles. The molecule has 1 aromatic carbocycles. The van der Waals surface area contributed by atoms with Crippen molar-refractivity contribution in [2.45, 2.75) is 45.4 Å². The lowest BCUT2D eigenvalue weighted by molar-refractivity contribution is -0.116. The summed E-state index contributed by atoms with van der Waals surface area (Å²) in [6, 6.07) is 17.3. The molecule has 5 rings (SSSR count). The van der Waals surface area contributed by atoms with Crippen LogP contribution >= 0.6 is 11.3 Å². The number of aryl methyl sites for hydroxylation is 1. The zero-order valence-electron chi connectivity index (χ0n) is 20.6. The number of benzene rings is 1. The molecule has 3 heterocycles. The normalized spacial score (nSPS) is 19.6. The van der Waals surface area contributed by atoms with Crippen molar-refractivity contribution in [3.8, 4) is 5.75 Å². The van der Waals surface area contributed by atoms with Gasteiger partial charge in [-0.3, -0.25) is 9.59 Å². The summed E-state index contributed by atoms with van der Waals surface area (Å²) in [6.07, 6.45) is 1.14. The van der Waals surface area contributed by atoms with Gasteiger partial charge in [0, 0.05) is 51.0 Å². The van der Waals surface area contributed by atoms with Gasteiger partial charge in [-0.15, -0.1) is 11.3 Å². The molecule has 2 atom stereocenters. The summed E-state index contributed by atoms with van der Waals surface area (Å²) < 4.78 is 5.96. The Labute approximate surface area is 215 Å². The molecule has 1 aliphatic heterocycles. The van der Waals surface area contributed by atoms with E-state index in [1.807, 2.05) is 68.6 Å². The van der Waals surface area contributed by atoms with Crippen LogP contribution in [-0.2, 0) is 9.59 Å². The van der Waals surface area contributed by atoms with Crippen LogP contribution in [0.25, 0.3) is 0 Å². The molecule has 0 saturated heterocycles. The van der Waals surface area contributed by atoms with Gasteiger partial charge in [-0.2, -0.15) is 0 Å². The summed E-state index contributed by atoms with van der Waals surface area (Å²) in [7, 11) is 0. The predicted molar refractivity (Wildman–Crippen MR) is 142 cm³/mol. The van der Waals surface area contributed by atoms with Crippen molar-refractivity contribution in [1.82, 2.24) is 10.3 Å². The van der Waals surface area contributed by atoms with Crippen molar-refractivity contribution in [2.24, 2.45) is 0 Å². The monoisotopic (exact) mass is 499 g/mol. The van der Waals surface area contributed by atoms with Crippen LogP contribution in [-0.4, -0.2) is 23.3 Å². The lowest BCUT2D eigenvalue weighted by Gasteiger charge is -2.37. The van der Waals surface area contributed by atoms with Gasteiger partial charge in [-0.25, -0.2) is 4.98 Å².